The molecule has 1 aliphatic rings. The van der Waals surface area contributed by atoms with Crippen molar-refractivity contribution >= 4 is 0 Å². The molecule has 0 atom stereocenters. The summed E-state index contributed by atoms with van der Waals surface area (Å²) in [5, 5.41) is 8.38. The SMILES string of the molecule is C=C(C#N)CCC1OCCO1. The lowest BCUT2D eigenvalue weighted by atomic mass is 10.2. The third kappa shape index (κ3) is 2.71. The fourth-order valence-electron chi connectivity index (χ4n) is 0.922. The summed E-state index contributed by atoms with van der Waals surface area (Å²) < 4.78 is 10.4. The molecule has 1 saturated heterocycles. The first kappa shape index (κ1) is 8.25. The summed E-state index contributed by atoms with van der Waals surface area (Å²) in [5.74, 6) is 0. The van der Waals surface area contributed by atoms with Gasteiger partial charge in [0, 0.05) is 12.0 Å². The molecule has 0 bridgehead atoms. The molecule has 1 fully saturated rings. The third-order valence-electron chi connectivity index (χ3n) is 1.53. The van der Waals surface area contributed by atoms with Crippen molar-refractivity contribution < 1.29 is 9.47 Å². The molecule has 0 N–H and O–H groups in total. The predicted octanol–water partition coefficient (Wildman–Crippen LogP) is 1.22. The molecule has 60 valence electrons. The van der Waals surface area contributed by atoms with Gasteiger partial charge in [0.25, 0.3) is 0 Å². The van der Waals surface area contributed by atoms with Crippen molar-refractivity contribution in [1.29, 1.82) is 5.26 Å². The van der Waals surface area contributed by atoms with Gasteiger partial charge in [-0.1, -0.05) is 6.58 Å². The number of hydrogen-bond acceptors (Lipinski definition) is 3. The maximum absolute atomic E-state index is 8.38. The molecule has 0 amide bonds. The lowest BCUT2D eigenvalue weighted by molar-refractivity contribution is -0.0460. The molecule has 0 radical (unpaired) electrons. The van der Waals surface area contributed by atoms with Crippen molar-refractivity contribution in [3.63, 3.8) is 0 Å². The lowest BCUT2D eigenvalue weighted by Crippen LogP contribution is -2.06. The van der Waals surface area contributed by atoms with E-state index in [2.05, 4.69) is 6.58 Å². The van der Waals surface area contributed by atoms with Gasteiger partial charge >= 0.3 is 0 Å². The molecule has 0 aromatic heterocycles. The Bertz CT molecular complexity index is 177. The van der Waals surface area contributed by atoms with Crippen LogP contribution < -0.4 is 0 Å². The second-order valence-corrected chi connectivity index (χ2v) is 2.43. The van der Waals surface area contributed by atoms with E-state index in [-0.39, 0.29) is 6.29 Å². The Kier molecular flexibility index (Phi) is 3.09. The van der Waals surface area contributed by atoms with Crippen LogP contribution in [0.25, 0.3) is 0 Å². The van der Waals surface area contributed by atoms with Crippen LogP contribution in [0.3, 0.4) is 0 Å². The molecule has 0 unspecified atom stereocenters. The largest absolute Gasteiger partial charge is 0.350 e. The highest BCUT2D eigenvalue weighted by atomic mass is 16.7. The highest BCUT2D eigenvalue weighted by Gasteiger charge is 2.15. The Morgan fingerprint density at radius 2 is 2.18 bits per heavy atom. The van der Waals surface area contributed by atoms with Crippen molar-refractivity contribution in [1.82, 2.24) is 0 Å². The average Bonchev–Trinajstić information content (AvgIpc) is 2.52. The van der Waals surface area contributed by atoms with Crippen LogP contribution in [0.1, 0.15) is 12.8 Å². The molecule has 0 aromatic carbocycles. The number of nitriles is 1. The van der Waals surface area contributed by atoms with Crippen LogP contribution >= 0.6 is 0 Å². The molecule has 1 rings (SSSR count). The lowest BCUT2D eigenvalue weighted by Gasteiger charge is -2.06. The third-order valence-corrected chi connectivity index (χ3v) is 1.53. The number of nitrogens with zero attached hydrogens (tertiary/aromatic N) is 1. The predicted molar refractivity (Wildman–Crippen MR) is 39.7 cm³/mol. The van der Waals surface area contributed by atoms with Gasteiger partial charge in [-0.05, 0) is 6.42 Å². The topological polar surface area (TPSA) is 42.2 Å². The molecule has 1 aliphatic heterocycles. The quantitative estimate of drug-likeness (QED) is 0.572. The molecule has 3 heteroatoms. The molecular weight excluding hydrogens is 142 g/mol. The van der Waals surface area contributed by atoms with Crippen LogP contribution in [0, 0.1) is 11.3 Å². The van der Waals surface area contributed by atoms with Crippen molar-refractivity contribution in [2.75, 3.05) is 13.2 Å². The van der Waals surface area contributed by atoms with Crippen molar-refractivity contribution in [3.05, 3.63) is 12.2 Å². The molecule has 1 heterocycles. The zero-order valence-corrected chi connectivity index (χ0v) is 6.38. The molecule has 0 aromatic rings. The normalized spacial score (nSPS) is 18.1. The Morgan fingerprint density at radius 3 is 2.73 bits per heavy atom. The Balaban J connectivity index is 2.12. The summed E-state index contributed by atoms with van der Waals surface area (Å²) in [6.45, 7) is 4.90. The first-order valence-electron chi connectivity index (χ1n) is 3.64. The van der Waals surface area contributed by atoms with E-state index in [9.17, 15) is 0 Å². The minimum absolute atomic E-state index is 0.111. The van der Waals surface area contributed by atoms with Crippen LogP contribution in [0.15, 0.2) is 12.2 Å². The number of hydrogen-bond donors (Lipinski definition) is 0. The fraction of sp³-hybridized carbons (Fsp3) is 0.625. The van der Waals surface area contributed by atoms with E-state index in [1.807, 2.05) is 6.07 Å². The molecule has 0 spiro atoms. The van der Waals surface area contributed by atoms with Gasteiger partial charge in [-0.2, -0.15) is 5.26 Å². The first-order chi connectivity index (χ1) is 5.33. The van der Waals surface area contributed by atoms with Gasteiger partial charge in [-0.15, -0.1) is 0 Å². The Hall–Kier alpha value is -0.850. The molecule has 0 saturated carbocycles. The van der Waals surface area contributed by atoms with E-state index in [1.54, 1.807) is 0 Å². The fourth-order valence-corrected chi connectivity index (χ4v) is 0.922. The number of allylic oxidation sites excluding steroid dienone is 1. The highest BCUT2D eigenvalue weighted by molar-refractivity contribution is 5.15. The standard InChI is InChI=1S/C8H11NO2/c1-7(6-9)2-3-8-10-4-5-11-8/h8H,1-5H2. The van der Waals surface area contributed by atoms with Gasteiger partial charge in [0.2, 0.25) is 0 Å². The summed E-state index contributed by atoms with van der Waals surface area (Å²) in [6, 6.07) is 1.98. The van der Waals surface area contributed by atoms with Crippen molar-refractivity contribution in [2.24, 2.45) is 0 Å². The second-order valence-electron chi connectivity index (χ2n) is 2.43. The summed E-state index contributed by atoms with van der Waals surface area (Å²) in [6.07, 6.45) is 1.30. The summed E-state index contributed by atoms with van der Waals surface area (Å²) >= 11 is 0. The van der Waals surface area contributed by atoms with E-state index in [1.165, 1.54) is 0 Å². The molecular formula is C8H11NO2. The Morgan fingerprint density at radius 1 is 1.55 bits per heavy atom. The minimum Gasteiger partial charge on any atom is -0.350 e. The summed E-state index contributed by atoms with van der Waals surface area (Å²) in [7, 11) is 0. The van der Waals surface area contributed by atoms with Gasteiger partial charge in [-0.3, -0.25) is 0 Å². The summed E-state index contributed by atoms with van der Waals surface area (Å²) in [5.41, 5.74) is 0.587. The van der Waals surface area contributed by atoms with Gasteiger partial charge in [0.05, 0.1) is 19.3 Å². The Labute approximate surface area is 66.2 Å². The highest BCUT2D eigenvalue weighted by Crippen LogP contribution is 2.12. The zero-order chi connectivity index (χ0) is 8.10. The maximum atomic E-state index is 8.38. The monoisotopic (exact) mass is 153 g/mol. The molecule has 3 nitrogen and oxygen atoms in total. The van der Waals surface area contributed by atoms with E-state index < -0.39 is 0 Å². The molecule has 11 heavy (non-hydrogen) atoms. The van der Waals surface area contributed by atoms with Crippen molar-refractivity contribution in [2.45, 2.75) is 19.1 Å². The van der Waals surface area contributed by atoms with Gasteiger partial charge in [0.15, 0.2) is 6.29 Å². The van der Waals surface area contributed by atoms with E-state index in [4.69, 9.17) is 14.7 Å². The van der Waals surface area contributed by atoms with Gasteiger partial charge < -0.3 is 9.47 Å². The maximum Gasteiger partial charge on any atom is 0.158 e. The van der Waals surface area contributed by atoms with Gasteiger partial charge in [-0.25, -0.2) is 0 Å². The zero-order valence-electron chi connectivity index (χ0n) is 6.38. The minimum atomic E-state index is -0.111. The van der Waals surface area contributed by atoms with Crippen molar-refractivity contribution in [3.8, 4) is 6.07 Å². The van der Waals surface area contributed by atoms with Crippen LogP contribution in [0.5, 0.6) is 0 Å². The number of ether oxygens (including phenoxy) is 2. The molecule has 0 aliphatic carbocycles. The van der Waals surface area contributed by atoms with Crippen LogP contribution in [-0.4, -0.2) is 19.5 Å². The van der Waals surface area contributed by atoms with Gasteiger partial charge in [0.1, 0.15) is 0 Å². The number of rotatable bonds is 3. The van der Waals surface area contributed by atoms with Crippen LogP contribution in [0.2, 0.25) is 0 Å². The van der Waals surface area contributed by atoms with E-state index >= 15 is 0 Å². The smallest absolute Gasteiger partial charge is 0.158 e. The second kappa shape index (κ2) is 4.12. The summed E-state index contributed by atoms with van der Waals surface area (Å²) in [4.78, 5) is 0. The van der Waals surface area contributed by atoms with Crippen LogP contribution in [-0.2, 0) is 9.47 Å². The first-order valence-corrected chi connectivity index (χ1v) is 3.64. The van der Waals surface area contributed by atoms with Crippen LogP contribution in [0.4, 0.5) is 0 Å². The van der Waals surface area contributed by atoms with E-state index in [0.29, 0.717) is 25.2 Å². The average molecular weight is 153 g/mol. The van der Waals surface area contributed by atoms with E-state index in [0.717, 1.165) is 6.42 Å².